The molecule has 6 heteroatoms. The number of nitrogens with one attached hydrogen (secondary N) is 1. The topological polar surface area (TPSA) is 64.9 Å². The summed E-state index contributed by atoms with van der Waals surface area (Å²) in [5.41, 5.74) is 2.95. The fraction of sp³-hybridized carbons (Fsp3) is 0.333. The number of nitrogens with zero attached hydrogens (tertiary/aromatic N) is 2. The monoisotopic (exact) mass is 365 g/mol. The van der Waals surface area contributed by atoms with E-state index in [0.29, 0.717) is 18.0 Å². The van der Waals surface area contributed by atoms with Crippen LogP contribution in [0.3, 0.4) is 0 Å². The highest BCUT2D eigenvalue weighted by molar-refractivity contribution is 6.03. The van der Waals surface area contributed by atoms with E-state index < -0.39 is 0 Å². The van der Waals surface area contributed by atoms with E-state index in [1.807, 2.05) is 53.9 Å². The van der Waals surface area contributed by atoms with Crippen LogP contribution in [0.15, 0.2) is 48.8 Å². The minimum absolute atomic E-state index is 0.178. The molecular formula is C21H23N3O3. The lowest BCUT2D eigenvalue weighted by Crippen LogP contribution is -2.25. The number of ether oxygens (including phenoxy) is 2. The first-order valence-electron chi connectivity index (χ1n) is 9.28. The smallest absolute Gasteiger partial charge is 0.275 e. The normalized spacial score (nSPS) is 17.0. The minimum Gasteiger partial charge on any atom is -0.491 e. The third-order valence-electron chi connectivity index (χ3n) is 4.67. The van der Waals surface area contributed by atoms with Crippen molar-refractivity contribution in [3.63, 3.8) is 0 Å². The van der Waals surface area contributed by atoms with E-state index in [1.54, 1.807) is 6.20 Å². The van der Waals surface area contributed by atoms with Gasteiger partial charge in [0.25, 0.3) is 5.91 Å². The zero-order chi connectivity index (χ0) is 18.6. The van der Waals surface area contributed by atoms with Gasteiger partial charge in [-0.1, -0.05) is 0 Å². The lowest BCUT2D eigenvalue weighted by Gasteiger charge is -2.22. The van der Waals surface area contributed by atoms with Crippen LogP contribution in [0, 0.1) is 6.92 Å². The molecule has 1 unspecified atom stereocenters. The Bertz CT molecular complexity index is 927. The predicted molar refractivity (Wildman–Crippen MR) is 103 cm³/mol. The van der Waals surface area contributed by atoms with Gasteiger partial charge in [0.1, 0.15) is 23.7 Å². The Labute approximate surface area is 158 Å². The molecule has 0 saturated carbocycles. The first-order chi connectivity index (χ1) is 13.2. The molecule has 1 amide bonds. The molecule has 3 heterocycles. The fourth-order valence-electron chi connectivity index (χ4n) is 3.15. The number of rotatable bonds is 5. The molecule has 3 aromatic rings. The lowest BCUT2D eigenvalue weighted by molar-refractivity contribution is -0.0110. The molecule has 1 fully saturated rings. The average molecular weight is 365 g/mol. The largest absolute Gasteiger partial charge is 0.491 e. The van der Waals surface area contributed by atoms with Crippen molar-refractivity contribution in [1.82, 2.24) is 9.38 Å². The molecule has 0 spiro atoms. The predicted octanol–water partition coefficient (Wildman–Crippen LogP) is 3.84. The van der Waals surface area contributed by atoms with Crippen LogP contribution >= 0.6 is 0 Å². The maximum absolute atomic E-state index is 12.5. The summed E-state index contributed by atoms with van der Waals surface area (Å²) in [7, 11) is 0. The van der Waals surface area contributed by atoms with E-state index in [1.165, 1.54) is 6.42 Å². The summed E-state index contributed by atoms with van der Waals surface area (Å²) in [6.45, 7) is 3.38. The first kappa shape index (κ1) is 17.5. The molecule has 0 radical (unpaired) electrons. The van der Waals surface area contributed by atoms with Gasteiger partial charge in [0, 0.05) is 24.7 Å². The number of pyridine rings is 1. The number of benzene rings is 1. The quantitative estimate of drug-likeness (QED) is 0.746. The summed E-state index contributed by atoms with van der Waals surface area (Å²) in [5, 5.41) is 2.87. The third-order valence-corrected chi connectivity index (χ3v) is 4.67. The molecule has 2 aromatic heterocycles. The van der Waals surface area contributed by atoms with Gasteiger partial charge in [-0.3, -0.25) is 4.79 Å². The molecule has 6 nitrogen and oxygen atoms in total. The van der Waals surface area contributed by atoms with Gasteiger partial charge in [0.15, 0.2) is 0 Å². The van der Waals surface area contributed by atoms with Crippen molar-refractivity contribution in [2.75, 3.05) is 18.5 Å². The second-order valence-electron chi connectivity index (χ2n) is 6.87. The van der Waals surface area contributed by atoms with E-state index in [2.05, 4.69) is 10.3 Å². The van der Waals surface area contributed by atoms with Gasteiger partial charge >= 0.3 is 0 Å². The molecule has 1 N–H and O–H groups in total. The van der Waals surface area contributed by atoms with Gasteiger partial charge < -0.3 is 19.2 Å². The molecule has 1 aromatic carbocycles. The number of hydrogen-bond donors (Lipinski definition) is 1. The van der Waals surface area contributed by atoms with Crippen LogP contribution in [0.25, 0.3) is 5.65 Å². The average Bonchev–Trinajstić information content (AvgIpc) is 3.11. The van der Waals surface area contributed by atoms with E-state index in [4.69, 9.17) is 9.47 Å². The number of anilines is 1. The van der Waals surface area contributed by atoms with Gasteiger partial charge in [0.05, 0.1) is 6.10 Å². The number of fused-ring (bicyclic) bond motifs is 1. The van der Waals surface area contributed by atoms with E-state index in [0.717, 1.165) is 36.4 Å². The number of carbonyl (C=O) groups is 1. The minimum atomic E-state index is -0.236. The third kappa shape index (κ3) is 4.28. The van der Waals surface area contributed by atoms with Crippen molar-refractivity contribution in [1.29, 1.82) is 0 Å². The Kier molecular flexibility index (Phi) is 5.07. The highest BCUT2D eigenvalue weighted by Gasteiger charge is 2.15. The zero-order valence-corrected chi connectivity index (χ0v) is 15.4. The van der Waals surface area contributed by atoms with Crippen molar-refractivity contribution in [3.8, 4) is 5.75 Å². The number of hydrogen-bond acceptors (Lipinski definition) is 4. The van der Waals surface area contributed by atoms with Gasteiger partial charge in [-0.2, -0.15) is 0 Å². The fourth-order valence-corrected chi connectivity index (χ4v) is 3.15. The number of carbonyl (C=O) groups excluding carboxylic acids is 1. The van der Waals surface area contributed by atoms with Crippen LogP contribution in [0.1, 0.15) is 35.3 Å². The molecule has 0 bridgehead atoms. The van der Waals surface area contributed by atoms with Crippen molar-refractivity contribution >= 4 is 17.2 Å². The summed E-state index contributed by atoms with van der Waals surface area (Å²) < 4.78 is 13.3. The highest BCUT2D eigenvalue weighted by Crippen LogP contribution is 2.19. The summed E-state index contributed by atoms with van der Waals surface area (Å²) in [6.07, 6.45) is 7.19. The van der Waals surface area contributed by atoms with E-state index in [9.17, 15) is 4.79 Å². The lowest BCUT2D eigenvalue weighted by atomic mass is 10.1. The van der Waals surface area contributed by atoms with Crippen LogP contribution in [-0.2, 0) is 4.74 Å². The molecule has 1 aliphatic heterocycles. The summed E-state index contributed by atoms with van der Waals surface area (Å²) in [4.78, 5) is 16.8. The van der Waals surface area contributed by atoms with Crippen molar-refractivity contribution in [2.24, 2.45) is 0 Å². The molecule has 1 aliphatic rings. The number of imidazole rings is 1. The molecule has 0 aliphatic carbocycles. The molecule has 27 heavy (non-hydrogen) atoms. The van der Waals surface area contributed by atoms with Crippen LogP contribution in [0.4, 0.5) is 5.69 Å². The molecule has 1 atom stereocenters. The van der Waals surface area contributed by atoms with Crippen LogP contribution < -0.4 is 10.1 Å². The number of aryl methyl sites for hydroxylation is 1. The van der Waals surface area contributed by atoms with Crippen molar-refractivity contribution in [2.45, 2.75) is 32.3 Å². The van der Waals surface area contributed by atoms with Crippen molar-refractivity contribution < 1.29 is 14.3 Å². The highest BCUT2D eigenvalue weighted by atomic mass is 16.5. The Morgan fingerprint density at radius 3 is 2.93 bits per heavy atom. The molecule has 4 rings (SSSR count). The van der Waals surface area contributed by atoms with E-state index in [-0.39, 0.29) is 12.0 Å². The zero-order valence-electron chi connectivity index (χ0n) is 15.4. The van der Waals surface area contributed by atoms with Crippen LogP contribution in [0.2, 0.25) is 0 Å². The molecule has 1 saturated heterocycles. The van der Waals surface area contributed by atoms with Gasteiger partial charge in [-0.05, 0) is 68.1 Å². The first-order valence-corrected chi connectivity index (χ1v) is 9.28. The van der Waals surface area contributed by atoms with Crippen molar-refractivity contribution in [3.05, 3.63) is 60.0 Å². The SMILES string of the molecule is Cc1ccn2cc(C(=O)Nc3ccc(OCC4CCCCO4)cc3)nc2c1. The number of aromatic nitrogens is 2. The number of amides is 1. The maximum Gasteiger partial charge on any atom is 0.275 e. The van der Waals surface area contributed by atoms with Crippen LogP contribution in [0.5, 0.6) is 5.75 Å². The van der Waals surface area contributed by atoms with Gasteiger partial charge in [-0.15, -0.1) is 0 Å². The Morgan fingerprint density at radius 1 is 1.30 bits per heavy atom. The second kappa shape index (κ2) is 7.80. The standard InChI is InChI=1S/C21H23N3O3/c1-15-9-10-24-13-19(23-20(24)12-15)21(25)22-16-5-7-17(8-6-16)27-14-18-4-2-3-11-26-18/h5-10,12-13,18H,2-4,11,14H2,1H3,(H,22,25). The summed E-state index contributed by atoms with van der Waals surface area (Å²) >= 11 is 0. The molecule has 140 valence electrons. The Balaban J connectivity index is 1.36. The van der Waals surface area contributed by atoms with Gasteiger partial charge in [-0.25, -0.2) is 4.98 Å². The molecular weight excluding hydrogens is 342 g/mol. The van der Waals surface area contributed by atoms with Gasteiger partial charge in [0.2, 0.25) is 0 Å². The van der Waals surface area contributed by atoms with E-state index >= 15 is 0 Å². The summed E-state index contributed by atoms with van der Waals surface area (Å²) in [5.74, 6) is 0.533. The Morgan fingerprint density at radius 2 is 2.15 bits per heavy atom. The maximum atomic E-state index is 12.5. The summed E-state index contributed by atoms with van der Waals surface area (Å²) in [6, 6.07) is 11.3. The van der Waals surface area contributed by atoms with Crippen LogP contribution in [-0.4, -0.2) is 34.6 Å². The Hall–Kier alpha value is -2.86. The second-order valence-corrected chi connectivity index (χ2v) is 6.87.